The molecule has 0 unspecified atom stereocenters. The van der Waals surface area contributed by atoms with E-state index in [1.807, 2.05) is 6.07 Å². The number of ether oxygens (including phenoxy) is 2. The minimum Gasteiger partial charge on any atom is -0.496 e. The Bertz CT molecular complexity index is 419. The van der Waals surface area contributed by atoms with Gasteiger partial charge in [-0.3, -0.25) is 0 Å². The molecular formula is C15H26N2O2. The Balaban J connectivity index is 3.07. The average molecular weight is 266 g/mol. The van der Waals surface area contributed by atoms with E-state index >= 15 is 0 Å². The van der Waals surface area contributed by atoms with Gasteiger partial charge >= 0.3 is 0 Å². The van der Waals surface area contributed by atoms with Crippen molar-refractivity contribution < 1.29 is 9.47 Å². The lowest BCUT2D eigenvalue weighted by Crippen LogP contribution is -2.29. The molecule has 0 aliphatic heterocycles. The SMILES string of the molecule is CCNCCN(C)c1cc(OC)c(C)c(C)c1OC. The summed E-state index contributed by atoms with van der Waals surface area (Å²) >= 11 is 0. The molecule has 19 heavy (non-hydrogen) atoms. The number of likely N-dealkylation sites (N-methyl/N-ethyl adjacent to an activating group) is 2. The number of anilines is 1. The molecule has 1 aromatic rings. The first-order chi connectivity index (χ1) is 9.06. The number of benzene rings is 1. The van der Waals surface area contributed by atoms with Crippen LogP contribution in [0.5, 0.6) is 11.5 Å². The van der Waals surface area contributed by atoms with E-state index in [1.165, 1.54) is 0 Å². The summed E-state index contributed by atoms with van der Waals surface area (Å²) in [5.41, 5.74) is 3.33. The van der Waals surface area contributed by atoms with Gasteiger partial charge in [0.25, 0.3) is 0 Å². The largest absolute Gasteiger partial charge is 0.496 e. The Hall–Kier alpha value is -1.42. The predicted octanol–water partition coefficient (Wildman–Crippen LogP) is 2.37. The van der Waals surface area contributed by atoms with Gasteiger partial charge < -0.3 is 19.7 Å². The van der Waals surface area contributed by atoms with E-state index in [4.69, 9.17) is 9.47 Å². The molecular weight excluding hydrogens is 240 g/mol. The quantitative estimate of drug-likeness (QED) is 0.768. The number of rotatable bonds is 7. The van der Waals surface area contributed by atoms with Crippen molar-refractivity contribution in [2.24, 2.45) is 0 Å². The fraction of sp³-hybridized carbons (Fsp3) is 0.600. The Labute approximate surface area is 116 Å². The Kier molecular flexibility index (Phi) is 5.96. The fourth-order valence-corrected chi connectivity index (χ4v) is 2.14. The summed E-state index contributed by atoms with van der Waals surface area (Å²) in [6.45, 7) is 9.10. The van der Waals surface area contributed by atoms with Crippen LogP contribution < -0.4 is 19.7 Å². The summed E-state index contributed by atoms with van der Waals surface area (Å²) in [5, 5.41) is 3.33. The molecule has 0 saturated heterocycles. The molecule has 0 heterocycles. The third-order valence-electron chi connectivity index (χ3n) is 3.48. The van der Waals surface area contributed by atoms with Gasteiger partial charge in [0.2, 0.25) is 0 Å². The molecule has 0 saturated carbocycles. The van der Waals surface area contributed by atoms with Crippen molar-refractivity contribution >= 4 is 5.69 Å². The summed E-state index contributed by atoms with van der Waals surface area (Å²) in [4.78, 5) is 2.19. The van der Waals surface area contributed by atoms with E-state index < -0.39 is 0 Å². The van der Waals surface area contributed by atoms with E-state index in [0.29, 0.717) is 0 Å². The van der Waals surface area contributed by atoms with Gasteiger partial charge in [0, 0.05) is 26.2 Å². The van der Waals surface area contributed by atoms with Gasteiger partial charge in [0.1, 0.15) is 11.5 Å². The topological polar surface area (TPSA) is 33.7 Å². The predicted molar refractivity (Wildman–Crippen MR) is 80.8 cm³/mol. The summed E-state index contributed by atoms with van der Waals surface area (Å²) < 4.78 is 11.0. The normalized spacial score (nSPS) is 10.4. The molecule has 1 rings (SSSR count). The van der Waals surface area contributed by atoms with Crippen LogP contribution in [0.2, 0.25) is 0 Å². The number of nitrogens with one attached hydrogen (secondary N) is 1. The molecule has 0 aliphatic carbocycles. The van der Waals surface area contributed by atoms with Crippen LogP contribution in [-0.2, 0) is 0 Å². The van der Waals surface area contributed by atoms with E-state index in [2.05, 4.69) is 38.0 Å². The molecule has 4 nitrogen and oxygen atoms in total. The summed E-state index contributed by atoms with van der Waals surface area (Å²) in [6.07, 6.45) is 0. The molecule has 0 spiro atoms. The molecule has 1 aromatic carbocycles. The maximum absolute atomic E-state index is 5.57. The highest BCUT2D eigenvalue weighted by Gasteiger charge is 2.16. The Morgan fingerprint density at radius 1 is 1.16 bits per heavy atom. The van der Waals surface area contributed by atoms with Crippen LogP contribution in [0.1, 0.15) is 18.1 Å². The smallest absolute Gasteiger partial charge is 0.145 e. The molecule has 0 amide bonds. The third kappa shape index (κ3) is 3.53. The van der Waals surface area contributed by atoms with Crippen molar-refractivity contribution in [3.05, 3.63) is 17.2 Å². The first-order valence-electron chi connectivity index (χ1n) is 6.70. The molecule has 0 atom stereocenters. The number of hydrogen-bond donors (Lipinski definition) is 1. The highest BCUT2D eigenvalue weighted by atomic mass is 16.5. The molecule has 4 heteroatoms. The van der Waals surface area contributed by atoms with Crippen LogP contribution in [0.3, 0.4) is 0 Å². The minimum absolute atomic E-state index is 0.906. The maximum Gasteiger partial charge on any atom is 0.145 e. The van der Waals surface area contributed by atoms with Crippen LogP contribution in [0.25, 0.3) is 0 Å². The molecule has 0 radical (unpaired) electrons. The minimum atomic E-state index is 0.906. The number of nitrogens with zero attached hydrogens (tertiary/aromatic N) is 1. The lowest BCUT2D eigenvalue weighted by atomic mass is 10.1. The average Bonchev–Trinajstić information content (AvgIpc) is 2.41. The second-order valence-electron chi connectivity index (χ2n) is 4.66. The zero-order valence-corrected chi connectivity index (χ0v) is 13.0. The standard InChI is InChI=1S/C15H26N2O2/c1-7-16-8-9-17(4)13-10-14(18-5)11(2)12(3)15(13)19-6/h10,16H,7-9H2,1-6H3. The van der Waals surface area contributed by atoms with Gasteiger partial charge in [0.15, 0.2) is 0 Å². The van der Waals surface area contributed by atoms with Crippen molar-refractivity contribution in [3.8, 4) is 11.5 Å². The van der Waals surface area contributed by atoms with Gasteiger partial charge in [-0.2, -0.15) is 0 Å². The van der Waals surface area contributed by atoms with Crippen LogP contribution >= 0.6 is 0 Å². The van der Waals surface area contributed by atoms with Crippen LogP contribution in [0, 0.1) is 13.8 Å². The fourth-order valence-electron chi connectivity index (χ4n) is 2.14. The molecule has 0 aromatic heterocycles. The van der Waals surface area contributed by atoms with Gasteiger partial charge in [-0.1, -0.05) is 6.92 Å². The lowest BCUT2D eigenvalue weighted by molar-refractivity contribution is 0.398. The first kappa shape index (κ1) is 15.6. The summed E-state index contributed by atoms with van der Waals surface area (Å²) in [6, 6.07) is 2.05. The number of hydrogen-bond acceptors (Lipinski definition) is 4. The maximum atomic E-state index is 5.57. The van der Waals surface area contributed by atoms with Crippen molar-refractivity contribution in [2.75, 3.05) is 45.8 Å². The third-order valence-corrected chi connectivity index (χ3v) is 3.48. The van der Waals surface area contributed by atoms with Gasteiger partial charge in [-0.15, -0.1) is 0 Å². The summed E-state index contributed by atoms with van der Waals surface area (Å²) in [7, 11) is 5.50. The van der Waals surface area contributed by atoms with Crippen LogP contribution in [0.4, 0.5) is 5.69 Å². The van der Waals surface area contributed by atoms with Crippen LogP contribution in [0.15, 0.2) is 6.07 Å². The molecule has 1 N–H and O–H groups in total. The lowest BCUT2D eigenvalue weighted by Gasteiger charge is -2.25. The molecule has 0 bridgehead atoms. The second kappa shape index (κ2) is 7.24. The van der Waals surface area contributed by atoms with E-state index in [-0.39, 0.29) is 0 Å². The van der Waals surface area contributed by atoms with Crippen molar-refractivity contribution in [3.63, 3.8) is 0 Å². The second-order valence-corrected chi connectivity index (χ2v) is 4.66. The molecule has 0 fully saturated rings. The zero-order valence-electron chi connectivity index (χ0n) is 13.0. The highest BCUT2D eigenvalue weighted by molar-refractivity contribution is 5.67. The van der Waals surface area contributed by atoms with Crippen molar-refractivity contribution in [1.82, 2.24) is 5.32 Å². The van der Waals surface area contributed by atoms with Crippen molar-refractivity contribution in [2.45, 2.75) is 20.8 Å². The van der Waals surface area contributed by atoms with E-state index in [9.17, 15) is 0 Å². The monoisotopic (exact) mass is 266 g/mol. The first-order valence-corrected chi connectivity index (χ1v) is 6.70. The zero-order chi connectivity index (χ0) is 14.4. The van der Waals surface area contributed by atoms with Gasteiger partial charge in [-0.25, -0.2) is 0 Å². The Morgan fingerprint density at radius 2 is 1.84 bits per heavy atom. The highest BCUT2D eigenvalue weighted by Crippen LogP contribution is 2.38. The van der Waals surface area contributed by atoms with Crippen LogP contribution in [-0.4, -0.2) is 40.9 Å². The van der Waals surface area contributed by atoms with Crippen molar-refractivity contribution in [1.29, 1.82) is 0 Å². The van der Waals surface area contributed by atoms with Gasteiger partial charge in [-0.05, 0) is 31.5 Å². The molecule has 0 aliphatic rings. The Morgan fingerprint density at radius 3 is 2.37 bits per heavy atom. The van der Waals surface area contributed by atoms with E-state index in [1.54, 1.807) is 14.2 Å². The number of methoxy groups -OCH3 is 2. The summed E-state index contributed by atoms with van der Waals surface area (Å²) in [5.74, 6) is 1.83. The van der Waals surface area contributed by atoms with E-state index in [0.717, 1.165) is 47.9 Å². The molecule has 108 valence electrons. The van der Waals surface area contributed by atoms with Gasteiger partial charge in [0.05, 0.1) is 19.9 Å².